The van der Waals surface area contributed by atoms with E-state index in [2.05, 4.69) is 98.8 Å². The Labute approximate surface area is 281 Å². The lowest BCUT2D eigenvalue weighted by molar-refractivity contribution is -0.954. The summed E-state index contributed by atoms with van der Waals surface area (Å²) in [5.41, 5.74) is 2.95. The maximum absolute atomic E-state index is 2.48. The first-order chi connectivity index (χ1) is 22.3. The van der Waals surface area contributed by atoms with Crippen molar-refractivity contribution >= 4 is 0 Å². The number of unbranched alkanes of at least 4 members (excludes halogenated alkanes) is 18. The average molecular weight is 615 g/mol. The van der Waals surface area contributed by atoms with Gasteiger partial charge in [0.1, 0.15) is 13.1 Å². The second-order valence-electron chi connectivity index (χ2n) is 13.8. The molecule has 0 saturated carbocycles. The second kappa shape index (κ2) is 28.1. The highest BCUT2D eigenvalue weighted by atomic mass is 15.3. The molecule has 0 heterocycles. The number of nitrogens with zero attached hydrogens (tertiary/aromatic N) is 1. The third kappa shape index (κ3) is 21.3. The molecule has 0 unspecified atom stereocenters. The minimum absolute atomic E-state index is 1.12. The number of allylic oxidation sites excluding steroid dienone is 4. The first-order valence-corrected chi connectivity index (χ1v) is 19.5. The van der Waals surface area contributed by atoms with Gasteiger partial charge in [-0.3, -0.25) is 0 Å². The van der Waals surface area contributed by atoms with Crippen LogP contribution >= 0.6 is 0 Å². The van der Waals surface area contributed by atoms with Crippen LogP contribution in [0.25, 0.3) is 0 Å². The average Bonchev–Trinajstić information content (AvgIpc) is 3.06. The molecule has 2 aromatic carbocycles. The van der Waals surface area contributed by atoms with E-state index >= 15 is 0 Å². The van der Waals surface area contributed by atoms with Gasteiger partial charge in [0.25, 0.3) is 0 Å². The zero-order chi connectivity index (χ0) is 31.9. The van der Waals surface area contributed by atoms with Gasteiger partial charge in [-0.15, -0.1) is 0 Å². The molecule has 0 saturated heterocycles. The summed E-state index contributed by atoms with van der Waals surface area (Å²) in [5.74, 6) is 0. The molecule has 1 nitrogen and oxygen atoms in total. The van der Waals surface area contributed by atoms with Crippen molar-refractivity contribution in [2.75, 3.05) is 13.1 Å². The SMILES string of the molecule is CCCCCCCCCC/C=C/CCC[N+](CCC/C=C/CCCCCCCCCC)(Cc1ccccc1)Cc1ccccc1. The quantitative estimate of drug-likeness (QED) is 0.0466. The van der Waals surface area contributed by atoms with Crippen LogP contribution in [0.1, 0.15) is 166 Å². The Bertz CT molecular complexity index is 864. The van der Waals surface area contributed by atoms with Gasteiger partial charge in [0.2, 0.25) is 0 Å². The largest absolute Gasteiger partial charge is 0.316 e. The third-order valence-corrected chi connectivity index (χ3v) is 9.51. The van der Waals surface area contributed by atoms with Gasteiger partial charge in [0, 0.05) is 24.0 Å². The molecular formula is C44H72N+. The minimum Gasteiger partial charge on any atom is -0.316 e. The highest BCUT2D eigenvalue weighted by Gasteiger charge is 2.27. The number of hydrogen-bond acceptors (Lipinski definition) is 0. The Morgan fingerprint density at radius 1 is 0.378 bits per heavy atom. The lowest BCUT2D eigenvalue weighted by Gasteiger charge is -2.39. The fraction of sp³-hybridized carbons (Fsp3) is 0.636. The van der Waals surface area contributed by atoms with Crippen LogP contribution in [-0.2, 0) is 13.1 Å². The normalized spacial score (nSPS) is 12.1. The number of rotatable bonds is 30. The summed E-state index contributed by atoms with van der Waals surface area (Å²) < 4.78 is 1.16. The van der Waals surface area contributed by atoms with E-state index < -0.39 is 0 Å². The van der Waals surface area contributed by atoms with Gasteiger partial charge in [-0.1, -0.05) is 189 Å². The Kier molecular flexibility index (Phi) is 24.4. The van der Waals surface area contributed by atoms with Crippen LogP contribution in [0.4, 0.5) is 0 Å². The van der Waals surface area contributed by atoms with Crippen molar-refractivity contribution in [3.8, 4) is 0 Å². The molecule has 0 bridgehead atoms. The zero-order valence-electron chi connectivity index (χ0n) is 29.9. The van der Waals surface area contributed by atoms with Crippen molar-refractivity contribution in [1.82, 2.24) is 0 Å². The molecule has 45 heavy (non-hydrogen) atoms. The molecule has 0 aliphatic carbocycles. The summed E-state index contributed by atoms with van der Waals surface area (Å²) in [6, 6.07) is 22.5. The molecule has 0 aliphatic heterocycles. The molecule has 0 spiro atoms. The third-order valence-electron chi connectivity index (χ3n) is 9.51. The van der Waals surface area contributed by atoms with Crippen molar-refractivity contribution in [3.63, 3.8) is 0 Å². The fourth-order valence-electron chi connectivity index (χ4n) is 6.78. The molecular weight excluding hydrogens is 542 g/mol. The van der Waals surface area contributed by atoms with Crippen LogP contribution < -0.4 is 0 Å². The molecule has 0 atom stereocenters. The van der Waals surface area contributed by atoms with Crippen LogP contribution in [0.5, 0.6) is 0 Å². The fourth-order valence-corrected chi connectivity index (χ4v) is 6.78. The van der Waals surface area contributed by atoms with Gasteiger partial charge >= 0.3 is 0 Å². The minimum atomic E-state index is 1.12. The number of quaternary nitrogens is 1. The summed E-state index contributed by atoms with van der Waals surface area (Å²) in [5, 5.41) is 0. The molecule has 0 aliphatic rings. The molecule has 0 amide bonds. The lowest BCUT2D eigenvalue weighted by Crippen LogP contribution is -2.48. The monoisotopic (exact) mass is 615 g/mol. The second-order valence-corrected chi connectivity index (χ2v) is 13.8. The van der Waals surface area contributed by atoms with Crippen molar-refractivity contribution in [1.29, 1.82) is 0 Å². The summed E-state index contributed by atoms with van der Waals surface area (Å²) in [6.07, 6.45) is 39.8. The highest BCUT2D eigenvalue weighted by Crippen LogP contribution is 2.23. The number of hydrogen-bond donors (Lipinski definition) is 0. The van der Waals surface area contributed by atoms with Crippen molar-refractivity contribution < 1.29 is 4.48 Å². The van der Waals surface area contributed by atoms with Crippen molar-refractivity contribution in [2.24, 2.45) is 0 Å². The highest BCUT2D eigenvalue weighted by molar-refractivity contribution is 5.15. The Balaban J connectivity index is 1.84. The molecule has 0 radical (unpaired) electrons. The standard InChI is InChI=1S/C44H72N/c1-3-5-7-9-11-13-15-17-19-21-23-25-33-39-45(41-43-35-29-27-30-36-43,42-44-37-31-28-32-38-44)40-34-26-24-22-20-18-16-14-12-10-8-6-4-2/h21-24,27-32,35-38H,3-20,25-26,33-34,39-42H2,1-2H3/q+1/b23-21+,24-22+. The summed E-state index contributed by atoms with van der Waals surface area (Å²) >= 11 is 0. The van der Waals surface area contributed by atoms with Crippen LogP contribution in [0.15, 0.2) is 85.0 Å². The Morgan fingerprint density at radius 3 is 1.04 bits per heavy atom. The summed E-state index contributed by atoms with van der Waals surface area (Å²) in [4.78, 5) is 0. The van der Waals surface area contributed by atoms with Gasteiger partial charge in [-0.2, -0.15) is 0 Å². The Morgan fingerprint density at radius 2 is 0.689 bits per heavy atom. The van der Waals surface area contributed by atoms with Gasteiger partial charge in [0.05, 0.1) is 13.1 Å². The van der Waals surface area contributed by atoms with Crippen LogP contribution in [-0.4, -0.2) is 17.6 Å². The first kappa shape index (κ1) is 39.1. The molecule has 2 aromatic rings. The summed E-state index contributed by atoms with van der Waals surface area (Å²) in [7, 11) is 0. The van der Waals surface area contributed by atoms with Crippen LogP contribution in [0, 0.1) is 0 Å². The van der Waals surface area contributed by atoms with E-state index in [9.17, 15) is 0 Å². The van der Waals surface area contributed by atoms with E-state index in [0.29, 0.717) is 0 Å². The van der Waals surface area contributed by atoms with Gasteiger partial charge < -0.3 is 4.48 Å². The molecule has 252 valence electrons. The van der Waals surface area contributed by atoms with Gasteiger partial charge in [-0.05, 0) is 38.5 Å². The molecule has 1 heteroatoms. The zero-order valence-corrected chi connectivity index (χ0v) is 29.9. The van der Waals surface area contributed by atoms with Crippen molar-refractivity contribution in [2.45, 2.75) is 168 Å². The molecule has 0 aromatic heterocycles. The van der Waals surface area contributed by atoms with Crippen molar-refractivity contribution in [3.05, 3.63) is 96.1 Å². The van der Waals surface area contributed by atoms with Crippen LogP contribution in [0.3, 0.4) is 0 Å². The van der Waals surface area contributed by atoms with Gasteiger partial charge in [-0.25, -0.2) is 0 Å². The van der Waals surface area contributed by atoms with E-state index in [0.717, 1.165) is 17.6 Å². The molecule has 0 fully saturated rings. The van der Waals surface area contributed by atoms with E-state index in [-0.39, 0.29) is 0 Å². The predicted octanol–water partition coefficient (Wildman–Crippen LogP) is 13.9. The van der Waals surface area contributed by atoms with Gasteiger partial charge in [0.15, 0.2) is 0 Å². The first-order valence-electron chi connectivity index (χ1n) is 19.5. The Hall–Kier alpha value is -2.12. The molecule has 0 N–H and O–H groups in total. The maximum Gasteiger partial charge on any atom is 0.105 e. The number of benzene rings is 2. The van der Waals surface area contributed by atoms with E-state index in [1.165, 1.54) is 165 Å². The topological polar surface area (TPSA) is 0 Å². The van der Waals surface area contributed by atoms with Crippen LogP contribution in [0.2, 0.25) is 0 Å². The maximum atomic E-state index is 2.48. The van der Waals surface area contributed by atoms with E-state index in [1.807, 2.05) is 0 Å². The van der Waals surface area contributed by atoms with E-state index in [4.69, 9.17) is 0 Å². The summed E-state index contributed by atoms with van der Waals surface area (Å²) in [6.45, 7) is 9.34. The molecule has 2 rings (SSSR count). The smallest absolute Gasteiger partial charge is 0.105 e. The predicted molar refractivity (Wildman–Crippen MR) is 201 cm³/mol. The van der Waals surface area contributed by atoms with E-state index in [1.54, 1.807) is 0 Å². The lowest BCUT2D eigenvalue weighted by atomic mass is 10.1.